The van der Waals surface area contributed by atoms with E-state index >= 15 is 0 Å². The summed E-state index contributed by atoms with van der Waals surface area (Å²) in [5.41, 5.74) is 3.01. The van der Waals surface area contributed by atoms with Crippen molar-refractivity contribution in [3.05, 3.63) is 16.6 Å². The molecule has 13 heavy (non-hydrogen) atoms. The number of aromatic nitrogens is 1. The molecule has 0 aliphatic carbocycles. The molecule has 0 aliphatic heterocycles. The highest BCUT2D eigenvalue weighted by atomic mass is 32.1. The monoisotopic (exact) mass is 199 g/mol. The molecule has 0 bridgehead atoms. The first-order chi connectivity index (χ1) is 6.33. The lowest BCUT2D eigenvalue weighted by atomic mass is 10.4. The van der Waals surface area contributed by atoms with Crippen LogP contribution in [0.1, 0.15) is 12.6 Å². The number of thiazole rings is 1. The summed E-state index contributed by atoms with van der Waals surface area (Å²) in [6, 6.07) is 0. The summed E-state index contributed by atoms with van der Waals surface area (Å²) in [5.74, 6) is 0. The lowest BCUT2D eigenvalue weighted by Crippen LogP contribution is -2.28. The summed E-state index contributed by atoms with van der Waals surface area (Å²) < 4.78 is 0. The Morgan fingerprint density at radius 1 is 1.62 bits per heavy atom. The Kier molecular flexibility index (Phi) is 4.97. The Morgan fingerprint density at radius 2 is 2.46 bits per heavy atom. The topological polar surface area (TPSA) is 28.2 Å². The minimum Gasteiger partial charge on any atom is -0.310 e. The normalized spacial score (nSPS) is 11.0. The zero-order valence-electron chi connectivity index (χ0n) is 8.29. The molecule has 0 saturated heterocycles. The molecule has 0 aliphatic rings. The van der Waals surface area contributed by atoms with Crippen LogP contribution in [-0.4, -0.2) is 36.6 Å². The van der Waals surface area contributed by atoms with Gasteiger partial charge in [0.1, 0.15) is 0 Å². The van der Waals surface area contributed by atoms with Crippen LogP contribution in [0.4, 0.5) is 0 Å². The first-order valence-electron chi connectivity index (χ1n) is 4.59. The molecule has 74 valence electrons. The summed E-state index contributed by atoms with van der Waals surface area (Å²) in [7, 11) is 2.13. The van der Waals surface area contributed by atoms with Crippen molar-refractivity contribution in [2.45, 2.75) is 13.5 Å². The predicted molar refractivity (Wildman–Crippen MR) is 57.0 cm³/mol. The van der Waals surface area contributed by atoms with E-state index in [4.69, 9.17) is 0 Å². The first-order valence-corrected chi connectivity index (χ1v) is 5.53. The summed E-state index contributed by atoms with van der Waals surface area (Å²) in [4.78, 5) is 6.48. The second-order valence-corrected chi connectivity index (χ2v) is 3.77. The van der Waals surface area contributed by atoms with Crippen LogP contribution < -0.4 is 5.32 Å². The fourth-order valence-electron chi connectivity index (χ4n) is 0.969. The maximum atomic E-state index is 4.20. The maximum Gasteiger partial charge on any atom is 0.0795 e. The fraction of sp³-hybridized carbons (Fsp3) is 0.667. The van der Waals surface area contributed by atoms with Gasteiger partial charge in [-0.05, 0) is 13.6 Å². The largest absolute Gasteiger partial charge is 0.310 e. The van der Waals surface area contributed by atoms with Crippen molar-refractivity contribution in [1.82, 2.24) is 15.2 Å². The zero-order valence-corrected chi connectivity index (χ0v) is 9.10. The molecule has 1 aromatic heterocycles. The zero-order chi connectivity index (χ0) is 9.52. The van der Waals surface area contributed by atoms with E-state index in [0.29, 0.717) is 0 Å². The van der Waals surface area contributed by atoms with Crippen LogP contribution in [-0.2, 0) is 6.54 Å². The van der Waals surface area contributed by atoms with Crippen LogP contribution in [0.5, 0.6) is 0 Å². The molecular formula is C9H17N3S. The molecule has 0 amide bonds. The Balaban J connectivity index is 2.02. The van der Waals surface area contributed by atoms with Gasteiger partial charge in [0.05, 0.1) is 11.2 Å². The number of hydrogen-bond donors (Lipinski definition) is 1. The smallest absolute Gasteiger partial charge is 0.0795 e. The molecule has 0 fully saturated rings. The highest BCUT2D eigenvalue weighted by Crippen LogP contribution is 1.99. The van der Waals surface area contributed by atoms with Crippen molar-refractivity contribution in [2.24, 2.45) is 0 Å². The number of nitrogens with one attached hydrogen (secondary N) is 1. The van der Waals surface area contributed by atoms with Crippen molar-refractivity contribution in [2.75, 3.05) is 26.7 Å². The lowest BCUT2D eigenvalue weighted by molar-refractivity contribution is 0.348. The van der Waals surface area contributed by atoms with Gasteiger partial charge in [-0.3, -0.25) is 0 Å². The number of rotatable bonds is 6. The Labute approximate surface area is 83.8 Å². The average Bonchev–Trinajstić information content (AvgIpc) is 2.64. The fourth-order valence-corrected chi connectivity index (χ4v) is 1.53. The van der Waals surface area contributed by atoms with Crippen molar-refractivity contribution >= 4 is 11.3 Å². The maximum absolute atomic E-state index is 4.20. The molecule has 0 radical (unpaired) electrons. The average molecular weight is 199 g/mol. The Morgan fingerprint density at radius 3 is 3.08 bits per heavy atom. The summed E-state index contributed by atoms with van der Waals surface area (Å²) in [6.45, 7) is 6.29. The molecular weight excluding hydrogens is 182 g/mol. The van der Waals surface area contributed by atoms with Crippen LogP contribution in [0.2, 0.25) is 0 Å². The standard InChI is InChI=1S/C9H17N3S/c1-3-12(2)5-4-10-6-9-7-13-8-11-9/h7-8,10H,3-6H2,1-2H3. The molecule has 1 heterocycles. The minimum absolute atomic E-state index is 0.890. The van der Waals surface area contributed by atoms with E-state index in [9.17, 15) is 0 Å². The van der Waals surface area contributed by atoms with E-state index in [1.807, 2.05) is 5.51 Å². The summed E-state index contributed by atoms with van der Waals surface area (Å²) in [5, 5.41) is 5.44. The van der Waals surface area contributed by atoms with Crippen molar-refractivity contribution in [3.63, 3.8) is 0 Å². The van der Waals surface area contributed by atoms with E-state index in [-0.39, 0.29) is 0 Å². The second kappa shape index (κ2) is 6.07. The molecule has 3 nitrogen and oxygen atoms in total. The van der Waals surface area contributed by atoms with Crippen LogP contribution in [0.25, 0.3) is 0 Å². The molecule has 1 rings (SSSR count). The van der Waals surface area contributed by atoms with E-state index < -0.39 is 0 Å². The second-order valence-electron chi connectivity index (χ2n) is 3.05. The highest BCUT2D eigenvalue weighted by molar-refractivity contribution is 7.07. The summed E-state index contributed by atoms with van der Waals surface area (Å²) >= 11 is 1.65. The van der Waals surface area contributed by atoms with Gasteiger partial charge in [0.2, 0.25) is 0 Å². The molecule has 0 aromatic carbocycles. The first kappa shape index (κ1) is 10.6. The van der Waals surface area contributed by atoms with E-state index in [1.165, 1.54) is 0 Å². The molecule has 0 atom stereocenters. The van der Waals surface area contributed by atoms with Gasteiger partial charge in [0.15, 0.2) is 0 Å². The highest BCUT2D eigenvalue weighted by Gasteiger charge is 1.95. The Bertz CT molecular complexity index is 211. The van der Waals surface area contributed by atoms with Crippen molar-refractivity contribution in [1.29, 1.82) is 0 Å². The number of likely N-dealkylation sites (N-methyl/N-ethyl adjacent to an activating group) is 1. The van der Waals surface area contributed by atoms with Gasteiger partial charge >= 0.3 is 0 Å². The van der Waals surface area contributed by atoms with Crippen molar-refractivity contribution in [3.8, 4) is 0 Å². The molecule has 0 saturated carbocycles. The third-order valence-corrected chi connectivity index (χ3v) is 2.64. The van der Waals surface area contributed by atoms with Gasteiger partial charge < -0.3 is 10.2 Å². The number of nitrogens with zero attached hydrogens (tertiary/aromatic N) is 2. The Hall–Kier alpha value is -0.450. The molecule has 0 spiro atoms. The molecule has 1 N–H and O–H groups in total. The molecule has 0 unspecified atom stereocenters. The van der Waals surface area contributed by atoms with Gasteiger partial charge in [-0.15, -0.1) is 11.3 Å². The van der Waals surface area contributed by atoms with Gasteiger partial charge in [0, 0.05) is 25.0 Å². The lowest BCUT2D eigenvalue weighted by Gasteiger charge is -2.13. The predicted octanol–water partition coefficient (Wildman–Crippen LogP) is 1.18. The van der Waals surface area contributed by atoms with Gasteiger partial charge in [-0.25, -0.2) is 4.98 Å². The van der Waals surface area contributed by atoms with E-state index in [0.717, 1.165) is 31.9 Å². The quantitative estimate of drug-likeness (QED) is 0.697. The van der Waals surface area contributed by atoms with Crippen LogP contribution in [0.3, 0.4) is 0 Å². The van der Waals surface area contributed by atoms with E-state index in [2.05, 4.69) is 34.6 Å². The minimum atomic E-state index is 0.890. The third kappa shape index (κ3) is 4.36. The summed E-state index contributed by atoms with van der Waals surface area (Å²) in [6.07, 6.45) is 0. The van der Waals surface area contributed by atoms with E-state index in [1.54, 1.807) is 11.3 Å². The van der Waals surface area contributed by atoms with Gasteiger partial charge in [-0.2, -0.15) is 0 Å². The molecule has 4 heteroatoms. The number of hydrogen-bond acceptors (Lipinski definition) is 4. The SMILES string of the molecule is CCN(C)CCNCc1cscn1. The van der Waals surface area contributed by atoms with Gasteiger partial charge in [-0.1, -0.05) is 6.92 Å². The van der Waals surface area contributed by atoms with Crippen LogP contribution in [0, 0.1) is 0 Å². The van der Waals surface area contributed by atoms with Crippen molar-refractivity contribution < 1.29 is 0 Å². The van der Waals surface area contributed by atoms with Gasteiger partial charge in [0.25, 0.3) is 0 Å². The third-order valence-electron chi connectivity index (χ3n) is 2.00. The van der Waals surface area contributed by atoms with Crippen LogP contribution >= 0.6 is 11.3 Å². The van der Waals surface area contributed by atoms with Crippen LogP contribution in [0.15, 0.2) is 10.9 Å². The molecule has 1 aromatic rings.